The Labute approximate surface area is 189 Å². The van der Waals surface area contributed by atoms with Gasteiger partial charge >= 0.3 is 0 Å². The molecule has 2 N–H and O–H groups in total. The summed E-state index contributed by atoms with van der Waals surface area (Å²) >= 11 is 0. The summed E-state index contributed by atoms with van der Waals surface area (Å²) in [5, 5.41) is 2.03. The number of benzene rings is 2. The van der Waals surface area contributed by atoms with Gasteiger partial charge in [0.1, 0.15) is 0 Å². The number of nitrogens with one attached hydrogen (secondary N) is 2. The molecule has 0 spiro atoms. The fourth-order valence-corrected chi connectivity index (χ4v) is 4.36. The Hall–Kier alpha value is -2.65. The van der Waals surface area contributed by atoms with Gasteiger partial charge in [0.05, 0.1) is 23.1 Å². The third kappa shape index (κ3) is 5.39. The Morgan fingerprint density at radius 2 is 1.69 bits per heavy atom. The van der Waals surface area contributed by atoms with Gasteiger partial charge in [0, 0.05) is 35.6 Å². The molecule has 174 valence electrons. The third-order valence-corrected chi connectivity index (χ3v) is 7.16. The second-order valence-corrected chi connectivity index (χ2v) is 10.7. The molecule has 0 bridgehead atoms. The summed E-state index contributed by atoms with van der Waals surface area (Å²) in [4.78, 5) is 14.7. The standard InChI is InChI=1S/C23H30FN3O4S/c1-14(2)32(29,30)26-19-8-6-18(7-9-19)23(28)25-20-10-11-21(17(5)22(20)24)27-12-15(3)31-16(4)13-27/h6-11,14-16,26H,12-13H2,1-5H3,(H,25,28)/t15-,16+. The molecular weight excluding hydrogens is 433 g/mol. The van der Waals surface area contributed by atoms with Crippen LogP contribution in [-0.4, -0.2) is 44.9 Å². The zero-order valence-corrected chi connectivity index (χ0v) is 19.8. The number of carbonyl (C=O) groups is 1. The molecule has 3 rings (SSSR count). The third-order valence-electron chi connectivity index (χ3n) is 5.39. The van der Waals surface area contributed by atoms with E-state index in [4.69, 9.17) is 4.74 Å². The lowest BCUT2D eigenvalue weighted by atomic mass is 10.1. The van der Waals surface area contributed by atoms with Crippen molar-refractivity contribution >= 4 is 33.0 Å². The van der Waals surface area contributed by atoms with Crippen LogP contribution in [-0.2, 0) is 14.8 Å². The van der Waals surface area contributed by atoms with E-state index in [1.807, 2.05) is 19.9 Å². The maximum absolute atomic E-state index is 15.1. The van der Waals surface area contributed by atoms with Crippen molar-refractivity contribution in [2.24, 2.45) is 0 Å². The van der Waals surface area contributed by atoms with Crippen LogP contribution in [0, 0.1) is 12.7 Å². The zero-order chi connectivity index (χ0) is 23.6. The van der Waals surface area contributed by atoms with Gasteiger partial charge in [-0.15, -0.1) is 0 Å². The number of morpholine rings is 1. The number of ether oxygens (including phenoxy) is 1. The number of nitrogens with zero attached hydrogens (tertiary/aromatic N) is 1. The normalized spacial score (nSPS) is 19.2. The fraction of sp³-hybridized carbons (Fsp3) is 0.435. The van der Waals surface area contributed by atoms with Gasteiger partial charge in [-0.2, -0.15) is 0 Å². The van der Waals surface area contributed by atoms with Crippen molar-refractivity contribution in [2.75, 3.05) is 28.0 Å². The van der Waals surface area contributed by atoms with E-state index in [9.17, 15) is 13.2 Å². The first-order chi connectivity index (χ1) is 15.0. The Morgan fingerprint density at radius 3 is 2.25 bits per heavy atom. The van der Waals surface area contributed by atoms with Crippen LogP contribution in [0.4, 0.5) is 21.5 Å². The Morgan fingerprint density at radius 1 is 1.09 bits per heavy atom. The lowest BCUT2D eigenvalue weighted by molar-refractivity contribution is -0.00526. The van der Waals surface area contributed by atoms with Crippen LogP contribution in [0.3, 0.4) is 0 Å². The lowest BCUT2D eigenvalue weighted by Crippen LogP contribution is -2.45. The molecule has 9 heteroatoms. The minimum Gasteiger partial charge on any atom is -0.372 e. The summed E-state index contributed by atoms with van der Waals surface area (Å²) in [7, 11) is -3.48. The van der Waals surface area contributed by atoms with Gasteiger partial charge in [-0.25, -0.2) is 12.8 Å². The van der Waals surface area contributed by atoms with Crippen molar-refractivity contribution in [3.8, 4) is 0 Å². The second-order valence-electron chi connectivity index (χ2n) is 8.46. The van der Waals surface area contributed by atoms with Crippen LogP contribution in [0.1, 0.15) is 43.6 Å². The molecular formula is C23H30FN3O4S. The smallest absolute Gasteiger partial charge is 0.255 e. The van der Waals surface area contributed by atoms with Crippen molar-refractivity contribution in [1.29, 1.82) is 0 Å². The SMILES string of the molecule is Cc1c(N2C[C@@H](C)O[C@@H](C)C2)ccc(NC(=O)c2ccc(NS(=O)(=O)C(C)C)cc2)c1F. The van der Waals surface area contributed by atoms with Crippen LogP contribution in [0.15, 0.2) is 36.4 Å². The summed E-state index contributed by atoms with van der Waals surface area (Å²) < 4.78 is 47.2. The molecule has 0 aromatic heterocycles. The molecule has 0 aliphatic carbocycles. The van der Waals surface area contributed by atoms with Gasteiger partial charge in [-0.05, 0) is 71.0 Å². The molecule has 1 aliphatic rings. The summed E-state index contributed by atoms with van der Waals surface area (Å²) in [5.41, 5.74) is 1.98. The molecule has 2 aromatic carbocycles. The summed E-state index contributed by atoms with van der Waals surface area (Å²) in [6.07, 6.45) is 0.0992. The molecule has 1 saturated heterocycles. The van der Waals surface area contributed by atoms with Crippen molar-refractivity contribution in [1.82, 2.24) is 0 Å². The number of sulfonamides is 1. The van der Waals surface area contributed by atoms with E-state index >= 15 is 4.39 Å². The van der Waals surface area contributed by atoms with E-state index in [1.54, 1.807) is 26.8 Å². The molecule has 32 heavy (non-hydrogen) atoms. The average Bonchev–Trinajstić information content (AvgIpc) is 2.71. The van der Waals surface area contributed by atoms with Gasteiger partial charge in [0.15, 0.2) is 5.82 Å². The molecule has 1 amide bonds. The minimum atomic E-state index is -3.48. The second kappa shape index (κ2) is 9.46. The van der Waals surface area contributed by atoms with Crippen LogP contribution in [0.5, 0.6) is 0 Å². The highest BCUT2D eigenvalue weighted by Gasteiger charge is 2.25. The highest BCUT2D eigenvalue weighted by atomic mass is 32.2. The van der Waals surface area contributed by atoms with Gasteiger partial charge in [0.25, 0.3) is 5.91 Å². The van der Waals surface area contributed by atoms with Crippen LogP contribution in [0.25, 0.3) is 0 Å². The Kier molecular flexibility index (Phi) is 7.09. The number of hydrogen-bond donors (Lipinski definition) is 2. The van der Waals surface area contributed by atoms with Gasteiger partial charge in [-0.1, -0.05) is 0 Å². The molecule has 1 heterocycles. The van der Waals surface area contributed by atoms with Crippen LogP contribution >= 0.6 is 0 Å². The van der Waals surface area contributed by atoms with Crippen molar-refractivity contribution in [3.63, 3.8) is 0 Å². The number of hydrogen-bond acceptors (Lipinski definition) is 5. The minimum absolute atomic E-state index is 0.0496. The number of halogens is 1. The van der Waals surface area contributed by atoms with Crippen molar-refractivity contribution < 1.29 is 22.3 Å². The van der Waals surface area contributed by atoms with E-state index < -0.39 is 27.0 Å². The predicted molar refractivity (Wildman–Crippen MR) is 125 cm³/mol. The molecule has 2 atom stereocenters. The Bertz CT molecular complexity index is 1080. The molecule has 2 aromatic rings. The predicted octanol–water partition coefficient (Wildman–Crippen LogP) is 4.15. The molecule has 1 aliphatic heterocycles. The highest BCUT2D eigenvalue weighted by Crippen LogP contribution is 2.30. The quantitative estimate of drug-likeness (QED) is 0.672. The van der Waals surface area contributed by atoms with Crippen molar-refractivity contribution in [2.45, 2.75) is 52.1 Å². The average molecular weight is 464 g/mol. The summed E-state index contributed by atoms with van der Waals surface area (Å²) in [6, 6.07) is 9.35. The molecule has 7 nitrogen and oxygen atoms in total. The number of anilines is 3. The molecule has 0 unspecified atom stereocenters. The van der Waals surface area contributed by atoms with E-state index in [0.29, 0.717) is 24.3 Å². The fourth-order valence-electron chi connectivity index (χ4n) is 3.65. The van der Waals surface area contributed by atoms with Gasteiger partial charge < -0.3 is 15.0 Å². The number of rotatable bonds is 6. The zero-order valence-electron chi connectivity index (χ0n) is 19.0. The summed E-state index contributed by atoms with van der Waals surface area (Å²) in [5.74, 6) is -0.966. The first-order valence-corrected chi connectivity index (χ1v) is 12.1. The van der Waals surface area contributed by atoms with E-state index in [1.165, 1.54) is 24.3 Å². The molecule has 0 radical (unpaired) electrons. The van der Waals surface area contributed by atoms with Gasteiger partial charge in [-0.3, -0.25) is 9.52 Å². The van der Waals surface area contributed by atoms with Gasteiger partial charge in [0.2, 0.25) is 10.0 Å². The van der Waals surface area contributed by atoms with Crippen molar-refractivity contribution in [3.05, 3.63) is 53.3 Å². The largest absolute Gasteiger partial charge is 0.372 e. The van der Waals surface area contributed by atoms with E-state index in [0.717, 1.165) is 5.69 Å². The lowest BCUT2D eigenvalue weighted by Gasteiger charge is -2.37. The first-order valence-electron chi connectivity index (χ1n) is 10.6. The molecule has 1 fully saturated rings. The highest BCUT2D eigenvalue weighted by molar-refractivity contribution is 7.93. The van der Waals surface area contributed by atoms with Crippen LogP contribution in [0.2, 0.25) is 0 Å². The maximum Gasteiger partial charge on any atom is 0.255 e. The number of amides is 1. The molecule has 0 saturated carbocycles. The monoisotopic (exact) mass is 463 g/mol. The first kappa shape index (κ1) is 24.0. The summed E-state index contributed by atoms with van der Waals surface area (Å²) in [6.45, 7) is 10.2. The Balaban J connectivity index is 1.73. The topological polar surface area (TPSA) is 87.7 Å². The van der Waals surface area contributed by atoms with Crippen LogP contribution < -0.4 is 14.9 Å². The maximum atomic E-state index is 15.1. The van der Waals surface area contributed by atoms with E-state index in [2.05, 4.69) is 14.9 Å². The van der Waals surface area contributed by atoms with E-state index in [-0.39, 0.29) is 23.5 Å². The number of carbonyl (C=O) groups excluding carboxylic acids is 1.